The molecule has 4 N–H and O–H groups in total. The van der Waals surface area contributed by atoms with Crippen molar-refractivity contribution in [2.24, 2.45) is 5.73 Å². The molecule has 230 valence electrons. The number of nitrogens with one attached hydrogen (secondary N) is 1. The van der Waals surface area contributed by atoms with Crippen LogP contribution in [0.2, 0.25) is 0 Å². The molecule has 2 heterocycles. The highest BCUT2D eigenvalue weighted by molar-refractivity contribution is 5.95. The van der Waals surface area contributed by atoms with Crippen molar-refractivity contribution in [1.29, 1.82) is 0 Å². The van der Waals surface area contributed by atoms with E-state index in [4.69, 9.17) is 19.9 Å². The molecule has 13 heteroatoms. The molecular weight excluding hydrogens is 586 g/mol. The number of primary amides is 1. The summed E-state index contributed by atoms with van der Waals surface area (Å²) in [6.45, 7) is -0.277. The molecule has 0 saturated heterocycles. The zero-order valence-corrected chi connectivity index (χ0v) is 23.5. The summed E-state index contributed by atoms with van der Waals surface area (Å²) in [7, 11) is 1.36. The largest absolute Gasteiger partial charge is 0.493 e. The third kappa shape index (κ3) is 5.85. The second kappa shape index (κ2) is 11.3. The molecule has 5 rings (SSSR count). The summed E-state index contributed by atoms with van der Waals surface area (Å²) < 4.78 is 73.7. The summed E-state index contributed by atoms with van der Waals surface area (Å²) in [5, 5.41) is 13.3. The third-order valence-corrected chi connectivity index (χ3v) is 7.43. The minimum Gasteiger partial charge on any atom is -0.493 e. The average molecular weight is 614 g/mol. The first-order valence-electron chi connectivity index (χ1n) is 13.4. The number of ether oxygens (including phenoxy) is 3. The molecule has 1 unspecified atom stereocenters. The van der Waals surface area contributed by atoms with Gasteiger partial charge < -0.3 is 30.4 Å². The first-order chi connectivity index (χ1) is 20.7. The Labute approximate surface area is 249 Å². The van der Waals surface area contributed by atoms with Crippen molar-refractivity contribution >= 4 is 11.8 Å². The summed E-state index contributed by atoms with van der Waals surface area (Å²) in [4.78, 5) is 29.3. The van der Waals surface area contributed by atoms with Crippen LogP contribution >= 0.6 is 0 Å². The molecule has 0 bridgehead atoms. The summed E-state index contributed by atoms with van der Waals surface area (Å²) in [5.74, 6) is 3.43. The van der Waals surface area contributed by atoms with Crippen molar-refractivity contribution < 1.29 is 46.5 Å². The molecule has 2 atom stereocenters. The minimum absolute atomic E-state index is 0.0391. The van der Waals surface area contributed by atoms with Gasteiger partial charge in [0.25, 0.3) is 5.91 Å². The lowest BCUT2D eigenvalue weighted by Gasteiger charge is -2.31. The fourth-order valence-electron chi connectivity index (χ4n) is 4.47. The van der Waals surface area contributed by atoms with Crippen LogP contribution < -0.4 is 25.3 Å². The Hall–Kier alpha value is -4.83. The van der Waals surface area contributed by atoms with Gasteiger partial charge in [-0.2, -0.15) is 13.2 Å². The first-order valence-corrected chi connectivity index (χ1v) is 13.4. The molecule has 0 spiro atoms. The van der Waals surface area contributed by atoms with Gasteiger partial charge in [-0.1, -0.05) is 5.92 Å². The Balaban J connectivity index is 1.51. The third-order valence-electron chi connectivity index (χ3n) is 7.43. The number of nitrogens with two attached hydrogens (primary N) is 1. The lowest BCUT2D eigenvalue weighted by atomic mass is 9.82. The van der Waals surface area contributed by atoms with Gasteiger partial charge in [0.15, 0.2) is 22.9 Å². The van der Waals surface area contributed by atoms with Crippen LogP contribution in [0.4, 0.5) is 17.6 Å². The predicted octanol–water partition coefficient (Wildman–Crippen LogP) is 3.49. The van der Waals surface area contributed by atoms with Crippen LogP contribution in [0.15, 0.2) is 48.5 Å². The van der Waals surface area contributed by atoms with E-state index in [1.807, 2.05) is 0 Å². The minimum atomic E-state index is -5.36. The maximum atomic E-state index is 14.6. The zero-order valence-electron chi connectivity index (χ0n) is 23.5. The van der Waals surface area contributed by atoms with Crippen molar-refractivity contribution in [1.82, 2.24) is 10.3 Å². The number of rotatable bonds is 8. The molecule has 1 fully saturated rings. The number of aliphatic hydroxyl groups is 1. The Morgan fingerprint density at radius 1 is 1.14 bits per heavy atom. The Kier molecular flexibility index (Phi) is 7.90. The molecule has 1 saturated carbocycles. The summed E-state index contributed by atoms with van der Waals surface area (Å²) in [6, 6.07) is 10.0. The van der Waals surface area contributed by atoms with E-state index in [1.165, 1.54) is 44.4 Å². The van der Waals surface area contributed by atoms with E-state index in [2.05, 4.69) is 22.1 Å². The molecule has 2 aliphatic rings. The highest BCUT2D eigenvalue weighted by Gasteiger charge is 2.57. The van der Waals surface area contributed by atoms with Crippen molar-refractivity contribution in [3.63, 3.8) is 0 Å². The van der Waals surface area contributed by atoms with Crippen LogP contribution in [0.3, 0.4) is 0 Å². The maximum absolute atomic E-state index is 14.6. The van der Waals surface area contributed by atoms with Crippen LogP contribution in [0.25, 0.3) is 0 Å². The topological polar surface area (TPSA) is 133 Å². The molecular formula is C31H27F4N3O6. The molecule has 0 radical (unpaired) electrons. The average Bonchev–Trinajstić information content (AvgIpc) is 3.74. The number of carbonyl (C=O) groups excluding carboxylic acids is 2. The number of benzene rings is 2. The van der Waals surface area contributed by atoms with Crippen LogP contribution in [-0.4, -0.2) is 54.4 Å². The number of hydrogen-bond donors (Lipinski definition) is 3. The zero-order chi connectivity index (χ0) is 31.9. The smallest absolute Gasteiger partial charge is 0.424 e. The molecule has 2 amide bonds. The number of methoxy groups -OCH3 is 1. The number of amides is 2. The van der Waals surface area contributed by atoms with Gasteiger partial charge in [0, 0.05) is 16.7 Å². The van der Waals surface area contributed by atoms with Crippen molar-refractivity contribution in [2.45, 2.75) is 43.1 Å². The monoisotopic (exact) mass is 613 g/mol. The lowest BCUT2D eigenvalue weighted by molar-refractivity contribution is -0.265. The van der Waals surface area contributed by atoms with Crippen LogP contribution in [0.1, 0.15) is 52.6 Å². The van der Waals surface area contributed by atoms with Gasteiger partial charge in [-0.15, -0.1) is 0 Å². The van der Waals surface area contributed by atoms with Gasteiger partial charge in [0.05, 0.1) is 25.5 Å². The Morgan fingerprint density at radius 3 is 2.45 bits per heavy atom. The number of hydrogen-bond acceptors (Lipinski definition) is 7. The summed E-state index contributed by atoms with van der Waals surface area (Å²) in [5.41, 5.74) is -0.800. The predicted molar refractivity (Wildman–Crippen MR) is 148 cm³/mol. The van der Waals surface area contributed by atoms with E-state index in [-0.39, 0.29) is 41.0 Å². The molecule has 1 aromatic heterocycles. The second-order valence-electron chi connectivity index (χ2n) is 10.7. The van der Waals surface area contributed by atoms with Gasteiger partial charge in [-0.25, -0.2) is 9.37 Å². The molecule has 2 aromatic carbocycles. The van der Waals surface area contributed by atoms with Gasteiger partial charge in [0.1, 0.15) is 17.8 Å². The molecule has 1 aliphatic heterocycles. The molecule has 9 nitrogen and oxygen atoms in total. The molecule has 3 aromatic rings. The molecule has 1 aliphatic carbocycles. The first kappa shape index (κ1) is 30.6. The fraction of sp³-hybridized carbons (Fsp3) is 0.323. The standard InChI is InChI=1S/C31H27F4N3O6/c1-29(28(36)40)16-43-26-21(29)14-25(38-22(26)11-5-17-3-7-19(32)8-4-17)30(41,31(33,34)35)15-37-27(39)18-6-12-23(24(13-18)42-2)44-20-9-10-20/h3-4,6-8,12-14,20,41H,9-10,15-16H2,1-2H3,(H2,36,40)(H,37,39)/t29-,30?/m0/s1. The highest BCUT2D eigenvalue weighted by Crippen LogP contribution is 2.45. The SMILES string of the molecule is COc1cc(C(=O)NCC(O)(c2cc3c(c(C#Cc4ccc(F)cc4)n2)OC[C@]3(C)C(N)=O)C(F)(F)F)ccc1OC1CC1. The Morgan fingerprint density at radius 2 is 1.84 bits per heavy atom. The number of carbonyl (C=O) groups is 2. The van der Waals surface area contributed by atoms with Crippen LogP contribution in [0.5, 0.6) is 17.2 Å². The second-order valence-corrected chi connectivity index (χ2v) is 10.7. The van der Waals surface area contributed by atoms with Crippen molar-refractivity contribution in [2.75, 3.05) is 20.3 Å². The van der Waals surface area contributed by atoms with E-state index >= 15 is 0 Å². The lowest BCUT2D eigenvalue weighted by Crippen LogP contribution is -2.52. The van der Waals surface area contributed by atoms with Gasteiger partial charge in [-0.3, -0.25) is 9.59 Å². The van der Waals surface area contributed by atoms with E-state index in [0.29, 0.717) is 11.3 Å². The fourth-order valence-corrected chi connectivity index (χ4v) is 4.47. The van der Waals surface area contributed by atoms with E-state index in [9.17, 15) is 32.3 Å². The van der Waals surface area contributed by atoms with Gasteiger partial charge >= 0.3 is 6.18 Å². The van der Waals surface area contributed by atoms with Crippen LogP contribution in [-0.2, 0) is 15.8 Å². The highest BCUT2D eigenvalue weighted by atomic mass is 19.4. The van der Waals surface area contributed by atoms with Crippen LogP contribution in [0, 0.1) is 17.7 Å². The van der Waals surface area contributed by atoms with Gasteiger partial charge in [-0.05, 0) is 74.2 Å². The number of nitrogens with zero attached hydrogens (tertiary/aromatic N) is 1. The van der Waals surface area contributed by atoms with Crippen molar-refractivity contribution in [3.8, 4) is 29.1 Å². The number of aromatic nitrogens is 1. The normalized spacial score (nSPS) is 18.6. The number of fused-ring (bicyclic) bond motifs is 1. The maximum Gasteiger partial charge on any atom is 0.424 e. The van der Waals surface area contributed by atoms with Crippen molar-refractivity contribution in [3.05, 3.63) is 82.4 Å². The van der Waals surface area contributed by atoms with E-state index in [1.54, 1.807) is 0 Å². The van der Waals surface area contributed by atoms with E-state index in [0.717, 1.165) is 31.0 Å². The Bertz CT molecular complexity index is 1680. The quantitative estimate of drug-likeness (QED) is 0.262. The van der Waals surface area contributed by atoms with Gasteiger partial charge in [0.2, 0.25) is 11.5 Å². The summed E-state index contributed by atoms with van der Waals surface area (Å²) in [6.07, 6.45) is -3.56. The van der Waals surface area contributed by atoms with E-state index < -0.39 is 47.1 Å². The number of halogens is 4. The number of pyridine rings is 1. The summed E-state index contributed by atoms with van der Waals surface area (Å²) >= 11 is 0. The number of alkyl halides is 3. The molecule has 44 heavy (non-hydrogen) atoms.